The molecule has 6 bridgehead atoms. The van der Waals surface area contributed by atoms with E-state index in [-0.39, 0.29) is 24.5 Å². The molecule has 10 heteroatoms. The van der Waals surface area contributed by atoms with E-state index >= 15 is 0 Å². The molecule has 334 valence electrons. The Morgan fingerprint density at radius 3 is 2.23 bits per heavy atom. The summed E-state index contributed by atoms with van der Waals surface area (Å²) in [6.07, 6.45) is 5.68. The maximum absolute atomic E-state index is 13.3. The minimum absolute atomic E-state index is 0.0787. The second kappa shape index (κ2) is 19.3. The normalized spacial score (nSPS) is 16.9. The summed E-state index contributed by atoms with van der Waals surface area (Å²) in [4.78, 5) is 29.2. The lowest BCUT2D eigenvalue weighted by Crippen LogP contribution is -2.34. The topological polar surface area (TPSA) is 107 Å². The summed E-state index contributed by atoms with van der Waals surface area (Å²) < 4.78 is 32.3. The molecule has 65 heavy (non-hydrogen) atoms. The number of aldehydes is 1. The molecular weight excluding hydrogens is 817 g/mol. The number of aliphatic hydroxyl groups excluding tert-OH is 1. The Morgan fingerprint density at radius 1 is 0.738 bits per heavy atom. The average Bonchev–Trinajstić information content (AvgIpc) is 3.33. The summed E-state index contributed by atoms with van der Waals surface area (Å²) in [7, 11) is 7.63. The maximum atomic E-state index is 13.3. The number of methoxy groups -OCH3 is 2. The van der Waals surface area contributed by atoms with Crippen LogP contribution in [0.1, 0.15) is 91.0 Å². The number of fused-ring (bicyclic) bond motifs is 2. The number of carbonyl (C=O) groups excluding carboxylic acids is 2. The molecule has 4 aliphatic heterocycles. The molecule has 0 fully saturated rings. The van der Waals surface area contributed by atoms with Crippen LogP contribution in [0.15, 0.2) is 109 Å². The van der Waals surface area contributed by atoms with Gasteiger partial charge in [0.2, 0.25) is 0 Å². The molecule has 10 rings (SSSR count). The number of hydrogen-bond donors (Lipinski definition) is 1. The average molecular weight is 873 g/mol. The molecule has 2 atom stereocenters. The lowest BCUT2D eigenvalue weighted by molar-refractivity contribution is 0.0977. The van der Waals surface area contributed by atoms with Crippen molar-refractivity contribution in [3.8, 4) is 51.4 Å². The molecule has 0 spiro atoms. The van der Waals surface area contributed by atoms with Crippen molar-refractivity contribution < 1.29 is 38.4 Å². The number of carbonyl (C=O) groups is 2. The second-order valence-electron chi connectivity index (χ2n) is 17.4. The molecule has 4 aliphatic rings. The van der Waals surface area contributed by atoms with E-state index in [1.54, 1.807) is 26.4 Å². The number of ether oxygens (including phenoxy) is 5. The number of aliphatic hydroxyl groups is 1. The third kappa shape index (κ3) is 9.25. The molecular formula is C55H56N2O8. The molecule has 6 aromatic carbocycles. The van der Waals surface area contributed by atoms with Crippen molar-refractivity contribution in [2.24, 2.45) is 0 Å². The van der Waals surface area contributed by atoms with Crippen LogP contribution in [0.5, 0.6) is 40.2 Å². The van der Waals surface area contributed by atoms with Gasteiger partial charge >= 0.3 is 0 Å². The highest BCUT2D eigenvalue weighted by Crippen LogP contribution is 2.50. The van der Waals surface area contributed by atoms with E-state index in [0.29, 0.717) is 89.2 Å². The molecule has 0 aromatic heterocycles. The summed E-state index contributed by atoms with van der Waals surface area (Å²) in [5, 5.41) is 10.6. The SMILES string of the molecule is COc1cc2c3cc1Oc1c(OC)c(CO)cc4c1[C@@H](Cc1ccc(OCCCCC(=O)c5cccc(-c6ccc(C=O)cc6)c5)c(c1)Oc1ccc(cc1)CC3N(C)CC2)N(C)CC4. The van der Waals surface area contributed by atoms with E-state index in [9.17, 15) is 14.7 Å². The third-order valence-corrected chi connectivity index (χ3v) is 13.3. The van der Waals surface area contributed by atoms with Gasteiger partial charge in [-0.2, -0.15) is 0 Å². The Balaban J connectivity index is 1.01. The summed E-state index contributed by atoms with van der Waals surface area (Å²) in [5.74, 6) is 4.41. The van der Waals surface area contributed by atoms with Gasteiger partial charge in [0.1, 0.15) is 12.0 Å². The second-order valence-corrected chi connectivity index (χ2v) is 17.4. The number of likely N-dealkylation sites (N-methyl/N-ethyl adjacent to an activating group) is 2. The van der Waals surface area contributed by atoms with Crippen molar-refractivity contribution in [1.82, 2.24) is 9.80 Å². The highest BCUT2D eigenvalue weighted by atomic mass is 16.5. The van der Waals surface area contributed by atoms with Gasteiger partial charge in [0.25, 0.3) is 0 Å². The predicted octanol–water partition coefficient (Wildman–Crippen LogP) is 10.5. The molecule has 0 radical (unpaired) electrons. The Hall–Kier alpha value is -6.46. The van der Waals surface area contributed by atoms with E-state index in [0.717, 1.165) is 66.5 Å². The van der Waals surface area contributed by atoms with Crippen LogP contribution < -0.4 is 23.7 Å². The van der Waals surface area contributed by atoms with Crippen LogP contribution in [0.3, 0.4) is 0 Å². The summed E-state index contributed by atoms with van der Waals surface area (Å²) in [6, 6.07) is 35.8. The van der Waals surface area contributed by atoms with Crippen molar-refractivity contribution in [1.29, 1.82) is 0 Å². The Labute approximate surface area is 381 Å². The fourth-order valence-corrected chi connectivity index (χ4v) is 9.65. The van der Waals surface area contributed by atoms with Crippen LogP contribution in [0.2, 0.25) is 0 Å². The highest BCUT2D eigenvalue weighted by molar-refractivity contribution is 5.97. The molecule has 10 nitrogen and oxygen atoms in total. The Kier molecular flexibility index (Phi) is 13.0. The summed E-state index contributed by atoms with van der Waals surface area (Å²) in [6.45, 7) is 1.97. The molecule has 0 amide bonds. The van der Waals surface area contributed by atoms with E-state index in [1.165, 1.54) is 16.7 Å². The smallest absolute Gasteiger partial charge is 0.174 e. The number of ketones is 1. The van der Waals surface area contributed by atoms with Gasteiger partial charge < -0.3 is 28.8 Å². The standard InChI is InChI=1S/C55H56N2O8/c1-56-23-21-40-31-50(61-3)52-32-45(40)46(56)26-35-13-18-44(19-14-35)64-51-28-37(27-47-53-42(22-24-57(47)2)30-43(34-59)54(62-4)55(53)65-52)15-20-49(51)63-25-6-5-10-48(60)41-9-7-8-39(29-41)38-16-11-36(33-58)12-17-38/h7-9,11-20,28-33,46-47,59H,5-6,10,21-27,34H2,1-4H3/t46?,47-/m1/s1. The van der Waals surface area contributed by atoms with E-state index in [1.807, 2.05) is 54.6 Å². The first-order valence-corrected chi connectivity index (χ1v) is 22.6. The van der Waals surface area contributed by atoms with Crippen molar-refractivity contribution in [3.63, 3.8) is 0 Å². The molecule has 0 saturated heterocycles. The maximum Gasteiger partial charge on any atom is 0.174 e. The van der Waals surface area contributed by atoms with Gasteiger partial charge in [0, 0.05) is 53.8 Å². The molecule has 4 heterocycles. The monoisotopic (exact) mass is 872 g/mol. The minimum Gasteiger partial charge on any atom is -0.493 e. The molecule has 0 saturated carbocycles. The van der Waals surface area contributed by atoms with Crippen LogP contribution in [0, 0.1) is 0 Å². The Bertz CT molecular complexity index is 2700. The zero-order valence-corrected chi connectivity index (χ0v) is 37.6. The van der Waals surface area contributed by atoms with Crippen molar-refractivity contribution >= 4 is 12.1 Å². The number of unbranched alkanes of at least 4 members (excludes halogenated alkanes) is 1. The lowest BCUT2D eigenvalue weighted by atomic mass is 9.86. The zero-order valence-electron chi connectivity index (χ0n) is 37.6. The fourth-order valence-electron chi connectivity index (χ4n) is 9.65. The van der Waals surface area contributed by atoms with Crippen LogP contribution >= 0.6 is 0 Å². The largest absolute Gasteiger partial charge is 0.493 e. The first-order valence-electron chi connectivity index (χ1n) is 22.6. The van der Waals surface area contributed by atoms with Gasteiger partial charge in [-0.3, -0.25) is 19.4 Å². The quantitative estimate of drug-likeness (QED) is 0.0726. The van der Waals surface area contributed by atoms with E-state index < -0.39 is 0 Å². The Morgan fingerprint density at radius 2 is 1.48 bits per heavy atom. The van der Waals surface area contributed by atoms with Crippen molar-refractivity contribution in [3.05, 3.63) is 159 Å². The number of hydrogen-bond acceptors (Lipinski definition) is 10. The van der Waals surface area contributed by atoms with Gasteiger partial charge in [-0.25, -0.2) is 0 Å². The summed E-state index contributed by atoms with van der Waals surface area (Å²) in [5.41, 5.74) is 10.7. The van der Waals surface area contributed by atoms with Gasteiger partial charge in [-0.15, -0.1) is 0 Å². The van der Waals surface area contributed by atoms with Gasteiger partial charge in [0.05, 0.1) is 27.4 Å². The van der Waals surface area contributed by atoms with Crippen LogP contribution in [0.25, 0.3) is 11.1 Å². The third-order valence-electron chi connectivity index (χ3n) is 13.3. The van der Waals surface area contributed by atoms with Crippen LogP contribution in [-0.4, -0.2) is 75.0 Å². The van der Waals surface area contributed by atoms with Crippen molar-refractivity contribution in [2.45, 2.75) is 63.6 Å². The molecule has 6 aromatic rings. The zero-order chi connectivity index (χ0) is 45.0. The number of rotatable bonds is 12. The summed E-state index contributed by atoms with van der Waals surface area (Å²) >= 11 is 0. The number of benzene rings is 6. The molecule has 1 unspecified atom stereocenters. The van der Waals surface area contributed by atoms with Gasteiger partial charge in [-0.1, -0.05) is 60.7 Å². The molecule has 0 aliphatic carbocycles. The van der Waals surface area contributed by atoms with Gasteiger partial charge in [0.15, 0.2) is 40.3 Å². The lowest BCUT2D eigenvalue weighted by Gasteiger charge is -2.37. The first kappa shape index (κ1) is 43.8. The minimum atomic E-state index is -0.188. The van der Waals surface area contributed by atoms with Crippen molar-refractivity contribution in [2.75, 3.05) is 48.0 Å². The predicted molar refractivity (Wildman–Crippen MR) is 251 cm³/mol. The fraction of sp³-hybridized carbons (Fsp3) is 0.309. The van der Waals surface area contributed by atoms with E-state index in [4.69, 9.17) is 23.7 Å². The molecule has 1 N–H and O–H groups in total. The van der Waals surface area contributed by atoms with Gasteiger partial charge in [-0.05, 0) is 140 Å². The highest BCUT2D eigenvalue weighted by Gasteiger charge is 2.34. The van der Waals surface area contributed by atoms with Crippen LogP contribution in [-0.2, 0) is 32.3 Å². The van der Waals surface area contributed by atoms with E-state index in [2.05, 4.69) is 66.4 Å². The van der Waals surface area contributed by atoms with Crippen LogP contribution in [0.4, 0.5) is 0 Å². The number of Topliss-reactive ketones (excluding diaryl/α,β-unsaturated/α-hetero) is 1. The first-order chi connectivity index (χ1) is 31.7. The number of nitrogens with zero attached hydrogens (tertiary/aromatic N) is 2.